The Labute approximate surface area is 109 Å². The summed E-state index contributed by atoms with van der Waals surface area (Å²) in [6.07, 6.45) is 1.71. The zero-order chi connectivity index (χ0) is 13.2. The molecule has 1 aliphatic rings. The van der Waals surface area contributed by atoms with E-state index in [1.54, 1.807) is 0 Å². The quantitative estimate of drug-likeness (QED) is 0.856. The van der Waals surface area contributed by atoms with Crippen molar-refractivity contribution in [2.45, 2.75) is 51.7 Å². The number of benzene rings is 1. The van der Waals surface area contributed by atoms with Crippen LogP contribution in [0.4, 0.5) is 0 Å². The van der Waals surface area contributed by atoms with Gasteiger partial charge in [0, 0.05) is 12.1 Å². The minimum Gasteiger partial charge on any atom is -0.350 e. The van der Waals surface area contributed by atoms with Crippen molar-refractivity contribution < 1.29 is 4.79 Å². The second-order valence-electron chi connectivity index (χ2n) is 5.63. The summed E-state index contributed by atoms with van der Waals surface area (Å²) in [5.74, 6) is 0.108. The van der Waals surface area contributed by atoms with Gasteiger partial charge in [0.05, 0.1) is 6.04 Å². The zero-order valence-electron chi connectivity index (χ0n) is 11.4. The number of nitrogens with one attached hydrogen (secondary N) is 2. The summed E-state index contributed by atoms with van der Waals surface area (Å²) in [6.45, 7) is 6.98. The van der Waals surface area contributed by atoms with Crippen LogP contribution in [0.1, 0.15) is 38.3 Å². The maximum absolute atomic E-state index is 12.2. The smallest absolute Gasteiger partial charge is 0.237 e. The molecule has 1 aromatic carbocycles. The van der Waals surface area contributed by atoms with Gasteiger partial charge in [0.1, 0.15) is 0 Å². The molecule has 0 unspecified atom stereocenters. The first-order chi connectivity index (χ1) is 8.52. The van der Waals surface area contributed by atoms with E-state index in [-0.39, 0.29) is 17.5 Å². The molecule has 1 aromatic rings. The Morgan fingerprint density at radius 3 is 2.72 bits per heavy atom. The van der Waals surface area contributed by atoms with E-state index in [0.29, 0.717) is 0 Å². The fraction of sp³-hybridized carbons (Fsp3) is 0.533. The van der Waals surface area contributed by atoms with Crippen molar-refractivity contribution in [3.63, 3.8) is 0 Å². The molecular weight excluding hydrogens is 224 g/mol. The van der Waals surface area contributed by atoms with E-state index in [2.05, 4.69) is 43.5 Å². The van der Waals surface area contributed by atoms with Crippen LogP contribution in [0.3, 0.4) is 0 Å². The molecular formula is C15H22N2O. The molecule has 1 atom stereocenters. The highest BCUT2D eigenvalue weighted by atomic mass is 16.2. The highest BCUT2D eigenvalue weighted by Gasteiger charge is 2.27. The monoisotopic (exact) mass is 246 g/mol. The van der Waals surface area contributed by atoms with E-state index >= 15 is 0 Å². The third kappa shape index (κ3) is 2.91. The zero-order valence-corrected chi connectivity index (χ0v) is 11.4. The molecule has 98 valence electrons. The third-order valence-corrected chi connectivity index (χ3v) is 3.74. The van der Waals surface area contributed by atoms with E-state index in [1.165, 1.54) is 11.1 Å². The SMILES string of the molecule is CCC(C)(C)NC(=O)[C@H]1Cc2ccccc2CN1. The van der Waals surface area contributed by atoms with E-state index in [4.69, 9.17) is 0 Å². The predicted molar refractivity (Wildman–Crippen MR) is 73.3 cm³/mol. The van der Waals surface area contributed by atoms with Gasteiger partial charge >= 0.3 is 0 Å². The van der Waals surface area contributed by atoms with Crippen LogP contribution in [0.25, 0.3) is 0 Å². The Bertz CT molecular complexity index is 440. The molecule has 0 fully saturated rings. The molecule has 1 aliphatic heterocycles. The number of amides is 1. The van der Waals surface area contributed by atoms with E-state index in [9.17, 15) is 4.79 Å². The van der Waals surface area contributed by atoms with Crippen LogP contribution in [0.2, 0.25) is 0 Å². The van der Waals surface area contributed by atoms with Gasteiger partial charge in [-0.05, 0) is 37.8 Å². The van der Waals surface area contributed by atoms with Gasteiger partial charge in [0.25, 0.3) is 0 Å². The molecule has 0 aromatic heterocycles. The maximum atomic E-state index is 12.2. The summed E-state index contributed by atoms with van der Waals surface area (Å²) >= 11 is 0. The Kier molecular flexibility index (Phi) is 3.71. The van der Waals surface area contributed by atoms with Crippen LogP contribution in [-0.2, 0) is 17.8 Å². The Hall–Kier alpha value is -1.35. The maximum Gasteiger partial charge on any atom is 0.237 e. The predicted octanol–water partition coefficient (Wildman–Crippen LogP) is 2.01. The highest BCUT2D eigenvalue weighted by molar-refractivity contribution is 5.83. The van der Waals surface area contributed by atoms with Crippen molar-refractivity contribution >= 4 is 5.91 Å². The summed E-state index contributed by atoms with van der Waals surface area (Å²) in [5, 5.41) is 6.41. The molecule has 1 heterocycles. The second kappa shape index (κ2) is 5.11. The second-order valence-corrected chi connectivity index (χ2v) is 5.63. The van der Waals surface area contributed by atoms with Gasteiger partial charge in [-0.2, -0.15) is 0 Å². The molecule has 3 heteroatoms. The average molecular weight is 246 g/mol. The number of hydrogen-bond donors (Lipinski definition) is 2. The lowest BCUT2D eigenvalue weighted by molar-refractivity contribution is -0.125. The molecule has 1 amide bonds. The van der Waals surface area contributed by atoms with Gasteiger partial charge in [-0.25, -0.2) is 0 Å². The fourth-order valence-electron chi connectivity index (χ4n) is 2.15. The van der Waals surface area contributed by atoms with Crippen LogP contribution in [0, 0.1) is 0 Å². The molecule has 18 heavy (non-hydrogen) atoms. The van der Waals surface area contributed by atoms with Crippen LogP contribution >= 0.6 is 0 Å². The number of carbonyl (C=O) groups excluding carboxylic acids is 1. The lowest BCUT2D eigenvalue weighted by Gasteiger charge is -2.30. The van der Waals surface area contributed by atoms with Crippen molar-refractivity contribution in [3.8, 4) is 0 Å². The Morgan fingerprint density at radius 1 is 1.39 bits per heavy atom. The normalized spacial score (nSPS) is 19.2. The van der Waals surface area contributed by atoms with Crippen molar-refractivity contribution in [3.05, 3.63) is 35.4 Å². The third-order valence-electron chi connectivity index (χ3n) is 3.74. The van der Waals surface area contributed by atoms with E-state index in [1.807, 2.05) is 12.1 Å². The first-order valence-corrected chi connectivity index (χ1v) is 6.64. The van der Waals surface area contributed by atoms with Gasteiger partial charge in [-0.15, -0.1) is 0 Å². The standard InChI is InChI=1S/C15H22N2O/c1-4-15(2,3)17-14(18)13-9-11-7-5-6-8-12(11)10-16-13/h5-8,13,16H,4,9-10H2,1-3H3,(H,17,18)/t13-/m1/s1. The average Bonchev–Trinajstić information content (AvgIpc) is 2.37. The minimum absolute atomic E-state index is 0.106. The van der Waals surface area contributed by atoms with E-state index < -0.39 is 0 Å². The molecule has 0 spiro atoms. The van der Waals surface area contributed by atoms with Crippen molar-refractivity contribution in [1.29, 1.82) is 0 Å². The fourth-order valence-corrected chi connectivity index (χ4v) is 2.15. The molecule has 0 saturated heterocycles. The Morgan fingerprint density at radius 2 is 2.06 bits per heavy atom. The lowest BCUT2D eigenvalue weighted by Crippen LogP contribution is -2.53. The van der Waals surface area contributed by atoms with Gasteiger partial charge in [-0.1, -0.05) is 31.2 Å². The van der Waals surface area contributed by atoms with Crippen LogP contribution in [0.5, 0.6) is 0 Å². The lowest BCUT2D eigenvalue weighted by atomic mass is 9.94. The topological polar surface area (TPSA) is 41.1 Å². The number of rotatable bonds is 3. The summed E-state index contributed by atoms with van der Waals surface area (Å²) in [5.41, 5.74) is 2.46. The van der Waals surface area contributed by atoms with Gasteiger partial charge in [-0.3, -0.25) is 4.79 Å². The number of fused-ring (bicyclic) bond motifs is 1. The largest absolute Gasteiger partial charge is 0.350 e. The first kappa shape index (κ1) is 13.1. The highest BCUT2D eigenvalue weighted by Crippen LogP contribution is 2.17. The molecule has 3 nitrogen and oxygen atoms in total. The molecule has 2 N–H and O–H groups in total. The molecule has 0 bridgehead atoms. The van der Waals surface area contributed by atoms with Gasteiger partial charge < -0.3 is 10.6 Å². The summed E-state index contributed by atoms with van der Waals surface area (Å²) in [4.78, 5) is 12.2. The van der Waals surface area contributed by atoms with Crippen molar-refractivity contribution in [2.75, 3.05) is 0 Å². The molecule has 0 saturated carbocycles. The van der Waals surface area contributed by atoms with E-state index in [0.717, 1.165) is 19.4 Å². The molecule has 0 radical (unpaired) electrons. The first-order valence-electron chi connectivity index (χ1n) is 6.64. The minimum atomic E-state index is -0.129. The number of hydrogen-bond acceptors (Lipinski definition) is 2. The van der Waals surface area contributed by atoms with Crippen LogP contribution in [0.15, 0.2) is 24.3 Å². The summed E-state index contributed by atoms with van der Waals surface area (Å²) < 4.78 is 0. The van der Waals surface area contributed by atoms with Crippen molar-refractivity contribution in [2.24, 2.45) is 0 Å². The van der Waals surface area contributed by atoms with Crippen LogP contribution < -0.4 is 10.6 Å². The number of carbonyl (C=O) groups is 1. The van der Waals surface area contributed by atoms with Crippen molar-refractivity contribution in [1.82, 2.24) is 10.6 Å². The summed E-state index contributed by atoms with van der Waals surface area (Å²) in [6, 6.07) is 8.20. The summed E-state index contributed by atoms with van der Waals surface area (Å²) in [7, 11) is 0. The molecule has 0 aliphatic carbocycles. The molecule has 2 rings (SSSR count). The van der Waals surface area contributed by atoms with Gasteiger partial charge in [0.2, 0.25) is 5.91 Å². The van der Waals surface area contributed by atoms with Gasteiger partial charge in [0.15, 0.2) is 0 Å². The van der Waals surface area contributed by atoms with Crippen LogP contribution in [-0.4, -0.2) is 17.5 Å². The Balaban J connectivity index is 2.03.